The molecule has 0 atom stereocenters. The van der Waals surface area contributed by atoms with E-state index >= 15 is 0 Å². The third kappa shape index (κ3) is 4.26. The zero-order chi connectivity index (χ0) is 17.0. The summed E-state index contributed by atoms with van der Waals surface area (Å²) >= 11 is 0. The molecule has 0 amide bonds. The molecular formula is C18H20O5. The lowest BCUT2D eigenvalue weighted by molar-refractivity contribution is -0.138. The highest BCUT2D eigenvalue weighted by molar-refractivity contribution is 5.89. The van der Waals surface area contributed by atoms with Crippen molar-refractivity contribution in [3.63, 3.8) is 0 Å². The van der Waals surface area contributed by atoms with Gasteiger partial charge in [-0.05, 0) is 31.6 Å². The molecule has 2 rings (SSSR count). The number of rotatable bonds is 2. The topological polar surface area (TPSA) is 76.7 Å². The van der Waals surface area contributed by atoms with Gasteiger partial charge in [0.05, 0.1) is 0 Å². The number of allylic oxidation sites excluding steroid dienone is 2. The molecule has 1 aromatic heterocycles. The molecule has 0 saturated carbocycles. The summed E-state index contributed by atoms with van der Waals surface area (Å²) in [5.41, 5.74) is 1.60. The van der Waals surface area contributed by atoms with Crippen molar-refractivity contribution in [1.82, 2.24) is 0 Å². The van der Waals surface area contributed by atoms with Crippen molar-refractivity contribution >= 4 is 5.97 Å². The summed E-state index contributed by atoms with van der Waals surface area (Å²) in [5, 5.41) is 9.08. The maximum atomic E-state index is 11.7. The Morgan fingerprint density at radius 3 is 2.87 bits per heavy atom. The van der Waals surface area contributed by atoms with Crippen molar-refractivity contribution in [3.05, 3.63) is 39.5 Å². The first-order valence-corrected chi connectivity index (χ1v) is 7.49. The van der Waals surface area contributed by atoms with Crippen LogP contribution in [-0.2, 0) is 16.1 Å². The number of carbonyl (C=O) groups excluding carboxylic acids is 1. The van der Waals surface area contributed by atoms with Gasteiger partial charge in [0.2, 0.25) is 5.43 Å². The summed E-state index contributed by atoms with van der Waals surface area (Å²) in [6.45, 7) is 6.08. The van der Waals surface area contributed by atoms with Crippen LogP contribution in [0, 0.1) is 17.3 Å². The fourth-order valence-corrected chi connectivity index (χ4v) is 2.70. The fraction of sp³-hybridized carbons (Fsp3) is 0.444. The second-order valence-electron chi connectivity index (χ2n) is 6.31. The summed E-state index contributed by atoms with van der Waals surface area (Å²) in [4.78, 5) is 23.0. The second-order valence-corrected chi connectivity index (χ2v) is 6.31. The SMILES string of the molecule is CC1=C(C#CC(=O)OCc2cc(=O)c(O)co2)C(C)(C)CCC1. The van der Waals surface area contributed by atoms with Crippen LogP contribution in [0.5, 0.6) is 5.75 Å². The van der Waals surface area contributed by atoms with Gasteiger partial charge >= 0.3 is 5.97 Å². The summed E-state index contributed by atoms with van der Waals surface area (Å²) < 4.78 is 9.92. The Kier molecular flexibility index (Phi) is 4.95. The molecule has 0 fully saturated rings. The number of carbonyl (C=O) groups is 1. The van der Waals surface area contributed by atoms with Crippen LogP contribution >= 0.6 is 0 Å². The Labute approximate surface area is 135 Å². The predicted octanol–water partition coefficient (Wildman–Crippen LogP) is 2.92. The first-order chi connectivity index (χ1) is 10.8. The number of esters is 1. The van der Waals surface area contributed by atoms with Crippen molar-refractivity contribution in [2.45, 2.75) is 46.6 Å². The van der Waals surface area contributed by atoms with E-state index in [0.29, 0.717) is 0 Å². The van der Waals surface area contributed by atoms with E-state index in [1.807, 2.05) is 6.92 Å². The Morgan fingerprint density at radius 1 is 1.48 bits per heavy atom. The third-order valence-corrected chi connectivity index (χ3v) is 3.96. The molecule has 0 saturated heterocycles. The van der Waals surface area contributed by atoms with E-state index in [1.165, 1.54) is 5.57 Å². The van der Waals surface area contributed by atoms with Gasteiger partial charge in [-0.2, -0.15) is 0 Å². The van der Waals surface area contributed by atoms with E-state index in [9.17, 15) is 9.59 Å². The average molecular weight is 316 g/mol. The maximum absolute atomic E-state index is 11.7. The molecular weight excluding hydrogens is 296 g/mol. The molecule has 122 valence electrons. The number of hydrogen-bond acceptors (Lipinski definition) is 5. The van der Waals surface area contributed by atoms with Gasteiger partial charge in [0.15, 0.2) is 12.4 Å². The van der Waals surface area contributed by atoms with Crippen LogP contribution < -0.4 is 5.43 Å². The van der Waals surface area contributed by atoms with Crippen LogP contribution in [0.15, 0.2) is 32.7 Å². The Hall–Kier alpha value is -2.48. The molecule has 1 heterocycles. The smallest absolute Gasteiger partial charge is 0.385 e. The zero-order valence-electron chi connectivity index (χ0n) is 13.6. The summed E-state index contributed by atoms with van der Waals surface area (Å²) in [7, 11) is 0. The lowest BCUT2D eigenvalue weighted by Gasteiger charge is -2.31. The molecule has 0 unspecified atom stereocenters. The number of aromatic hydroxyl groups is 1. The quantitative estimate of drug-likeness (QED) is 0.516. The van der Waals surface area contributed by atoms with Gasteiger partial charge in [-0.25, -0.2) is 4.79 Å². The lowest BCUT2D eigenvalue weighted by atomic mass is 9.73. The van der Waals surface area contributed by atoms with Gasteiger partial charge in [0.1, 0.15) is 12.0 Å². The van der Waals surface area contributed by atoms with E-state index < -0.39 is 17.1 Å². The van der Waals surface area contributed by atoms with Gasteiger partial charge < -0.3 is 14.3 Å². The second kappa shape index (κ2) is 6.74. The lowest BCUT2D eigenvalue weighted by Crippen LogP contribution is -2.19. The highest BCUT2D eigenvalue weighted by atomic mass is 16.5. The Morgan fingerprint density at radius 2 is 2.22 bits per heavy atom. The molecule has 23 heavy (non-hydrogen) atoms. The molecule has 1 aromatic rings. The fourth-order valence-electron chi connectivity index (χ4n) is 2.70. The molecule has 1 aliphatic rings. The van der Waals surface area contributed by atoms with Crippen LogP contribution in [0.4, 0.5) is 0 Å². The van der Waals surface area contributed by atoms with Gasteiger partial charge in [-0.3, -0.25) is 4.79 Å². The van der Waals surface area contributed by atoms with E-state index in [0.717, 1.165) is 37.2 Å². The van der Waals surface area contributed by atoms with Gasteiger partial charge in [0, 0.05) is 17.6 Å². The Bertz CT molecular complexity index is 756. The van der Waals surface area contributed by atoms with Gasteiger partial charge in [0.25, 0.3) is 0 Å². The van der Waals surface area contributed by atoms with Crippen LogP contribution in [-0.4, -0.2) is 11.1 Å². The minimum Gasteiger partial charge on any atom is -0.502 e. The van der Waals surface area contributed by atoms with Crippen LogP contribution in [0.2, 0.25) is 0 Å². The van der Waals surface area contributed by atoms with Crippen molar-refractivity contribution in [2.75, 3.05) is 0 Å². The van der Waals surface area contributed by atoms with Crippen molar-refractivity contribution in [3.8, 4) is 17.6 Å². The summed E-state index contributed by atoms with van der Waals surface area (Å²) in [6, 6.07) is 1.08. The molecule has 0 aromatic carbocycles. The molecule has 5 nitrogen and oxygen atoms in total. The minimum absolute atomic E-state index is 0.0284. The summed E-state index contributed by atoms with van der Waals surface area (Å²) in [6.07, 6.45) is 4.09. The highest BCUT2D eigenvalue weighted by Gasteiger charge is 2.27. The average Bonchev–Trinajstić information content (AvgIpc) is 2.47. The minimum atomic E-state index is -0.678. The number of ether oxygens (including phenoxy) is 1. The largest absolute Gasteiger partial charge is 0.502 e. The third-order valence-electron chi connectivity index (χ3n) is 3.96. The van der Waals surface area contributed by atoms with Crippen molar-refractivity contribution in [1.29, 1.82) is 0 Å². The van der Waals surface area contributed by atoms with E-state index in [1.54, 1.807) is 0 Å². The van der Waals surface area contributed by atoms with Crippen LogP contribution in [0.1, 0.15) is 45.8 Å². The molecule has 0 bridgehead atoms. The van der Waals surface area contributed by atoms with E-state index in [2.05, 4.69) is 25.7 Å². The first-order valence-electron chi connectivity index (χ1n) is 7.49. The van der Waals surface area contributed by atoms with E-state index in [4.69, 9.17) is 14.3 Å². The number of hydrogen-bond donors (Lipinski definition) is 1. The van der Waals surface area contributed by atoms with Crippen LogP contribution in [0.3, 0.4) is 0 Å². The van der Waals surface area contributed by atoms with Gasteiger partial charge in [-0.1, -0.05) is 25.3 Å². The molecule has 0 radical (unpaired) electrons. The first kappa shape index (κ1) is 16.9. The molecule has 1 aliphatic carbocycles. The van der Waals surface area contributed by atoms with Gasteiger partial charge in [-0.15, -0.1) is 0 Å². The standard InChI is InChI=1S/C18H20O5/c1-12-5-4-8-18(2,3)14(12)6-7-17(21)23-10-13-9-15(19)16(20)11-22-13/h9,11,20H,4-5,8,10H2,1-3H3. The van der Waals surface area contributed by atoms with E-state index in [-0.39, 0.29) is 17.8 Å². The maximum Gasteiger partial charge on any atom is 0.385 e. The summed E-state index contributed by atoms with van der Waals surface area (Å²) in [5.74, 6) is 4.42. The predicted molar refractivity (Wildman–Crippen MR) is 84.5 cm³/mol. The highest BCUT2D eigenvalue weighted by Crippen LogP contribution is 2.39. The zero-order valence-corrected chi connectivity index (χ0v) is 13.6. The monoisotopic (exact) mass is 316 g/mol. The molecule has 0 aliphatic heterocycles. The Balaban J connectivity index is 2.03. The van der Waals surface area contributed by atoms with Crippen LogP contribution in [0.25, 0.3) is 0 Å². The normalized spacial score (nSPS) is 16.5. The molecule has 1 N–H and O–H groups in total. The van der Waals surface area contributed by atoms with Crippen molar-refractivity contribution in [2.24, 2.45) is 5.41 Å². The molecule has 5 heteroatoms. The van der Waals surface area contributed by atoms with Crippen molar-refractivity contribution < 1.29 is 19.1 Å². The molecule has 0 spiro atoms.